The highest BCUT2D eigenvalue weighted by atomic mass is 35.5. The average Bonchev–Trinajstić information content (AvgIpc) is 2.64. The molecular formula is C13H13ClFNO2S. The van der Waals surface area contributed by atoms with Crippen molar-refractivity contribution in [3.63, 3.8) is 0 Å². The molecule has 0 radical (unpaired) electrons. The predicted octanol–water partition coefficient (Wildman–Crippen LogP) is 2.96. The third kappa shape index (κ3) is 2.10. The highest BCUT2D eigenvalue weighted by Gasteiger charge is 2.42. The molecule has 0 spiro atoms. The second-order valence-electron chi connectivity index (χ2n) is 4.87. The molecule has 0 N–H and O–H groups in total. The monoisotopic (exact) mass is 301 g/mol. The number of hydrogen-bond donors (Lipinski definition) is 0. The van der Waals surface area contributed by atoms with Crippen LogP contribution in [0.15, 0.2) is 35.2 Å². The summed E-state index contributed by atoms with van der Waals surface area (Å²) < 4.78 is 39.9. The highest BCUT2D eigenvalue weighted by molar-refractivity contribution is 7.89. The maximum absolute atomic E-state index is 13.1. The van der Waals surface area contributed by atoms with E-state index in [1.165, 1.54) is 16.4 Å². The van der Waals surface area contributed by atoms with Crippen molar-refractivity contribution in [1.82, 2.24) is 4.31 Å². The van der Waals surface area contributed by atoms with E-state index >= 15 is 0 Å². The summed E-state index contributed by atoms with van der Waals surface area (Å²) in [5, 5.41) is -0.166. The predicted molar refractivity (Wildman–Crippen MR) is 71.0 cm³/mol. The molecule has 102 valence electrons. The van der Waals surface area contributed by atoms with E-state index in [0.717, 1.165) is 25.3 Å². The lowest BCUT2D eigenvalue weighted by molar-refractivity contribution is 0.341. The molecule has 1 saturated heterocycles. The molecule has 3 rings (SSSR count). The Bertz CT molecular complexity index is 644. The SMILES string of the molecule is O=S(=O)(c1ccc(F)c(Cl)c1)N1[C@H]2CC=C[C@H]1CC2. The van der Waals surface area contributed by atoms with E-state index in [1.807, 2.05) is 12.2 Å². The fraction of sp³-hybridized carbons (Fsp3) is 0.385. The topological polar surface area (TPSA) is 37.4 Å². The quantitative estimate of drug-likeness (QED) is 0.788. The second kappa shape index (κ2) is 4.58. The Labute approximate surface area is 116 Å². The van der Waals surface area contributed by atoms with E-state index in [-0.39, 0.29) is 22.0 Å². The Hall–Kier alpha value is -0.910. The Morgan fingerprint density at radius 2 is 2.11 bits per heavy atom. The Balaban J connectivity index is 2.03. The molecule has 0 aromatic heterocycles. The third-order valence-electron chi connectivity index (χ3n) is 3.72. The minimum Gasteiger partial charge on any atom is -0.207 e. The second-order valence-corrected chi connectivity index (χ2v) is 7.12. The van der Waals surface area contributed by atoms with Crippen molar-refractivity contribution in [2.24, 2.45) is 0 Å². The van der Waals surface area contributed by atoms with Gasteiger partial charge in [0.1, 0.15) is 5.82 Å². The van der Waals surface area contributed by atoms with Gasteiger partial charge in [-0.15, -0.1) is 0 Å². The number of fused-ring (bicyclic) bond motifs is 2. The largest absolute Gasteiger partial charge is 0.243 e. The van der Waals surface area contributed by atoms with Gasteiger partial charge < -0.3 is 0 Å². The van der Waals surface area contributed by atoms with Crippen LogP contribution in [0.25, 0.3) is 0 Å². The fourth-order valence-electron chi connectivity index (χ4n) is 2.82. The van der Waals surface area contributed by atoms with Crippen LogP contribution < -0.4 is 0 Å². The molecule has 6 heteroatoms. The Morgan fingerprint density at radius 3 is 2.79 bits per heavy atom. The van der Waals surface area contributed by atoms with Crippen molar-refractivity contribution >= 4 is 21.6 Å². The lowest BCUT2D eigenvalue weighted by Gasteiger charge is -2.30. The molecule has 2 aliphatic heterocycles. The van der Waals surface area contributed by atoms with Gasteiger partial charge in [-0.1, -0.05) is 23.8 Å². The molecule has 1 aromatic rings. The third-order valence-corrected chi connectivity index (χ3v) is 5.98. The van der Waals surface area contributed by atoms with Crippen LogP contribution in [0.5, 0.6) is 0 Å². The average molecular weight is 302 g/mol. The van der Waals surface area contributed by atoms with Gasteiger partial charge in [-0.3, -0.25) is 0 Å². The summed E-state index contributed by atoms with van der Waals surface area (Å²) in [4.78, 5) is 0.0612. The van der Waals surface area contributed by atoms with Gasteiger partial charge >= 0.3 is 0 Å². The smallest absolute Gasteiger partial charge is 0.207 e. The summed E-state index contributed by atoms with van der Waals surface area (Å²) in [5.41, 5.74) is 0. The maximum atomic E-state index is 13.1. The maximum Gasteiger partial charge on any atom is 0.243 e. The summed E-state index contributed by atoms with van der Waals surface area (Å²) in [6.07, 6.45) is 6.42. The molecule has 2 heterocycles. The number of nitrogens with zero attached hydrogens (tertiary/aromatic N) is 1. The van der Waals surface area contributed by atoms with E-state index in [0.29, 0.717) is 0 Å². The van der Waals surface area contributed by atoms with E-state index in [1.54, 1.807) is 0 Å². The Kier molecular flexibility index (Phi) is 3.15. The van der Waals surface area contributed by atoms with Crippen molar-refractivity contribution in [2.45, 2.75) is 36.2 Å². The van der Waals surface area contributed by atoms with E-state index in [4.69, 9.17) is 11.6 Å². The molecule has 2 bridgehead atoms. The van der Waals surface area contributed by atoms with Crippen LogP contribution in [-0.2, 0) is 10.0 Å². The van der Waals surface area contributed by atoms with Gasteiger partial charge in [0.15, 0.2) is 0 Å². The van der Waals surface area contributed by atoms with Gasteiger partial charge in [0, 0.05) is 12.1 Å². The van der Waals surface area contributed by atoms with Crippen molar-refractivity contribution < 1.29 is 12.8 Å². The first-order valence-corrected chi connectivity index (χ1v) is 7.97. The van der Waals surface area contributed by atoms with Crippen molar-refractivity contribution in [1.29, 1.82) is 0 Å². The molecular weight excluding hydrogens is 289 g/mol. The molecule has 0 aliphatic carbocycles. The van der Waals surface area contributed by atoms with Crippen molar-refractivity contribution in [2.75, 3.05) is 0 Å². The zero-order valence-electron chi connectivity index (χ0n) is 10.1. The van der Waals surface area contributed by atoms with Crippen LogP contribution in [-0.4, -0.2) is 24.8 Å². The minimum absolute atomic E-state index is 0.0174. The molecule has 1 fully saturated rings. The van der Waals surface area contributed by atoms with Crippen LogP contribution in [0.3, 0.4) is 0 Å². The van der Waals surface area contributed by atoms with E-state index in [9.17, 15) is 12.8 Å². The van der Waals surface area contributed by atoms with Crippen LogP contribution >= 0.6 is 11.6 Å². The van der Waals surface area contributed by atoms with Crippen LogP contribution in [0.4, 0.5) is 4.39 Å². The van der Waals surface area contributed by atoms with Crippen LogP contribution in [0, 0.1) is 5.82 Å². The lowest BCUT2D eigenvalue weighted by Crippen LogP contribution is -2.41. The van der Waals surface area contributed by atoms with Crippen molar-refractivity contribution in [3.05, 3.63) is 41.2 Å². The van der Waals surface area contributed by atoms with Gasteiger partial charge in [0.25, 0.3) is 0 Å². The molecule has 3 nitrogen and oxygen atoms in total. The number of sulfonamides is 1. The summed E-state index contributed by atoms with van der Waals surface area (Å²) >= 11 is 5.68. The summed E-state index contributed by atoms with van der Waals surface area (Å²) in [7, 11) is -3.61. The molecule has 19 heavy (non-hydrogen) atoms. The number of hydrogen-bond acceptors (Lipinski definition) is 2. The first kappa shape index (κ1) is 13.1. The van der Waals surface area contributed by atoms with Crippen LogP contribution in [0.2, 0.25) is 5.02 Å². The summed E-state index contributed by atoms with van der Waals surface area (Å²) in [6, 6.07) is 3.49. The number of rotatable bonds is 2. The van der Waals surface area contributed by atoms with Gasteiger partial charge in [-0.2, -0.15) is 4.31 Å². The zero-order valence-corrected chi connectivity index (χ0v) is 11.7. The Morgan fingerprint density at radius 1 is 1.32 bits per heavy atom. The summed E-state index contributed by atoms with van der Waals surface area (Å²) in [5.74, 6) is -0.609. The van der Waals surface area contributed by atoms with E-state index in [2.05, 4.69) is 0 Å². The van der Waals surface area contributed by atoms with E-state index < -0.39 is 15.8 Å². The summed E-state index contributed by atoms with van der Waals surface area (Å²) in [6.45, 7) is 0. The van der Waals surface area contributed by atoms with Crippen molar-refractivity contribution in [3.8, 4) is 0 Å². The molecule has 2 atom stereocenters. The molecule has 0 amide bonds. The number of halogens is 2. The molecule has 2 aliphatic rings. The first-order valence-electron chi connectivity index (χ1n) is 6.15. The first-order chi connectivity index (χ1) is 9.00. The molecule has 0 saturated carbocycles. The minimum atomic E-state index is -3.61. The molecule has 0 unspecified atom stereocenters. The normalized spacial score (nSPS) is 26.8. The highest BCUT2D eigenvalue weighted by Crippen LogP contribution is 2.36. The molecule has 1 aromatic carbocycles. The van der Waals surface area contributed by atoms with Gasteiger partial charge in [-0.25, -0.2) is 12.8 Å². The van der Waals surface area contributed by atoms with Crippen LogP contribution in [0.1, 0.15) is 19.3 Å². The van der Waals surface area contributed by atoms with Gasteiger partial charge in [0.2, 0.25) is 10.0 Å². The zero-order chi connectivity index (χ0) is 13.6. The lowest BCUT2D eigenvalue weighted by atomic mass is 10.2. The number of benzene rings is 1. The fourth-order valence-corrected chi connectivity index (χ4v) is 4.93. The van der Waals surface area contributed by atoms with Gasteiger partial charge in [-0.05, 0) is 37.5 Å². The standard InChI is InChI=1S/C13H13ClFNO2S/c14-12-8-11(6-7-13(12)15)19(17,18)16-9-2-1-3-10(16)5-4-9/h1-2,6-10H,3-5H2/t9-,10-/m0/s1. The van der Waals surface area contributed by atoms with Gasteiger partial charge in [0.05, 0.1) is 9.92 Å².